The first kappa shape index (κ1) is 7.57. The van der Waals surface area contributed by atoms with Gasteiger partial charge in [0.15, 0.2) is 0 Å². The predicted octanol–water partition coefficient (Wildman–Crippen LogP) is 2.18. The van der Waals surface area contributed by atoms with Crippen LogP contribution in [0.15, 0.2) is 18.3 Å². The van der Waals surface area contributed by atoms with Crippen molar-refractivity contribution in [2.75, 3.05) is 0 Å². The number of nitriles is 1. The highest BCUT2D eigenvalue weighted by Crippen LogP contribution is 2.52. The molecule has 0 radical (unpaired) electrons. The molecule has 0 aromatic carbocycles. The molecule has 1 fully saturated rings. The second kappa shape index (κ2) is 2.46. The molecule has 0 spiro atoms. The van der Waals surface area contributed by atoms with E-state index in [1.165, 1.54) is 0 Å². The number of hydrogen-bond acceptors (Lipinski definition) is 2. The molecule has 0 atom stereocenters. The molecule has 0 N–H and O–H groups in total. The molecule has 0 saturated heterocycles. The third-order valence-electron chi connectivity index (χ3n) is 2.09. The van der Waals surface area contributed by atoms with Gasteiger partial charge >= 0.3 is 0 Å². The Balaban J connectivity index is 2.50. The van der Waals surface area contributed by atoms with E-state index in [2.05, 4.69) is 4.98 Å². The summed E-state index contributed by atoms with van der Waals surface area (Å²) in [6.07, 6.45) is 3.52. The third kappa shape index (κ3) is 1.07. The van der Waals surface area contributed by atoms with Crippen LogP contribution >= 0.6 is 11.6 Å². The Morgan fingerprint density at radius 1 is 1.58 bits per heavy atom. The quantitative estimate of drug-likeness (QED) is 0.618. The Morgan fingerprint density at radius 2 is 2.33 bits per heavy atom. The van der Waals surface area contributed by atoms with Crippen LogP contribution < -0.4 is 0 Å². The lowest BCUT2D eigenvalue weighted by Crippen LogP contribution is -2.01. The summed E-state index contributed by atoms with van der Waals surface area (Å²) in [6.45, 7) is 0. The monoisotopic (exact) mass is 178 g/mol. The Kier molecular flexibility index (Phi) is 1.55. The van der Waals surface area contributed by atoms with E-state index in [0.29, 0.717) is 5.69 Å². The number of hydrogen-bond donors (Lipinski definition) is 0. The van der Waals surface area contributed by atoms with Gasteiger partial charge in [-0.1, -0.05) is 6.07 Å². The van der Waals surface area contributed by atoms with Gasteiger partial charge in [0.25, 0.3) is 0 Å². The minimum absolute atomic E-state index is 0.278. The van der Waals surface area contributed by atoms with Crippen molar-refractivity contribution in [3.05, 3.63) is 29.6 Å². The molecular weight excluding hydrogens is 172 g/mol. The molecule has 1 aromatic rings. The molecule has 1 heterocycles. The van der Waals surface area contributed by atoms with Crippen LogP contribution in [0.5, 0.6) is 0 Å². The number of aromatic nitrogens is 1. The van der Waals surface area contributed by atoms with Gasteiger partial charge in [0, 0.05) is 11.8 Å². The maximum absolute atomic E-state index is 8.74. The van der Waals surface area contributed by atoms with Crippen molar-refractivity contribution in [2.45, 2.75) is 17.7 Å². The topological polar surface area (TPSA) is 36.7 Å². The smallest absolute Gasteiger partial charge is 0.145 e. The van der Waals surface area contributed by atoms with Gasteiger partial charge in [-0.3, -0.25) is 0 Å². The van der Waals surface area contributed by atoms with Crippen molar-refractivity contribution < 1.29 is 0 Å². The minimum Gasteiger partial charge on any atom is -0.245 e. The van der Waals surface area contributed by atoms with Gasteiger partial charge < -0.3 is 0 Å². The molecule has 3 heteroatoms. The van der Waals surface area contributed by atoms with E-state index in [9.17, 15) is 0 Å². The van der Waals surface area contributed by atoms with Gasteiger partial charge in [0.1, 0.15) is 11.8 Å². The Bertz CT molecular complexity index is 350. The second-order valence-corrected chi connectivity index (χ2v) is 3.70. The first-order chi connectivity index (χ1) is 5.76. The summed E-state index contributed by atoms with van der Waals surface area (Å²) in [5.41, 5.74) is 1.35. The first-order valence-electron chi connectivity index (χ1n) is 3.81. The number of halogens is 1. The molecule has 2 rings (SSSR count). The summed E-state index contributed by atoms with van der Waals surface area (Å²) in [7, 11) is 0. The van der Waals surface area contributed by atoms with E-state index < -0.39 is 0 Å². The molecule has 1 aliphatic rings. The van der Waals surface area contributed by atoms with Gasteiger partial charge in [-0.2, -0.15) is 5.26 Å². The zero-order chi connectivity index (χ0) is 8.60. The van der Waals surface area contributed by atoms with Crippen LogP contribution in [0, 0.1) is 11.3 Å². The van der Waals surface area contributed by atoms with Crippen LogP contribution in [-0.4, -0.2) is 4.98 Å². The van der Waals surface area contributed by atoms with Crippen LogP contribution in [0.3, 0.4) is 0 Å². The molecule has 0 bridgehead atoms. The van der Waals surface area contributed by atoms with Crippen molar-refractivity contribution in [1.82, 2.24) is 4.98 Å². The number of pyridine rings is 1. The lowest BCUT2D eigenvalue weighted by Gasteiger charge is -2.06. The lowest BCUT2D eigenvalue weighted by molar-refractivity contribution is 0.981. The molecule has 2 nitrogen and oxygen atoms in total. The van der Waals surface area contributed by atoms with E-state index in [1.807, 2.05) is 18.2 Å². The number of rotatable bonds is 1. The Labute approximate surface area is 75.8 Å². The predicted molar refractivity (Wildman–Crippen MR) is 45.7 cm³/mol. The summed E-state index contributed by atoms with van der Waals surface area (Å²) < 4.78 is 0. The van der Waals surface area contributed by atoms with E-state index >= 15 is 0 Å². The van der Waals surface area contributed by atoms with E-state index in [0.717, 1.165) is 18.4 Å². The second-order valence-electron chi connectivity index (χ2n) is 2.98. The highest BCUT2D eigenvalue weighted by Gasteiger charge is 2.44. The average molecular weight is 179 g/mol. The maximum atomic E-state index is 8.74. The number of alkyl halides is 1. The SMILES string of the molecule is N#Cc1ncccc1C1(Cl)CC1. The maximum Gasteiger partial charge on any atom is 0.145 e. The molecular formula is C9H7ClN2. The van der Waals surface area contributed by atoms with Crippen molar-refractivity contribution >= 4 is 11.6 Å². The van der Waals surface area contributed by atoms with Crippen LogP contribution in [0.1, 0.15) is 24.1 Å². The van der Waals surface area contributed by atoms with Crippen LogP contribution in [0.4, 0.5) is 0 Å². The molecule has 0 unspecified atom stereocenters. The van der Waals surface area contributed by atoms with Crippen LogP contribution in [0.2, 0.25) is 0 Å². The molecule has 1 aliphatic carbocycles. The van der Waals surface area contributed by atoms with Crippen molar-refractivity contribution in [2.24, 2.45) is 0 Å². The molecule has 12 heavy (non-hydrogen) atoms. The van der Waals surface area contributed by atoms with Crippen molar-refractivity contribution in [1.29, 1.82) is 5.26 Å². The van der Waals surface area contributed by atoms with E-state index in [-0.39, 0.29) is 4.87 Å². The summed E-state index contributed by atoms with van der Waals surface area (Å²) in [5.74, 6) is 0. The molecule has 1 aromatic heterocycles. The van der Waals surface area contributed by atoms with Crippen LogP contribution in [-0.2, 0) is 4.87 Å². The molecule has 1 saturated carbocycles. The van der Waals surface area contributed by atoms with Crippen LogP contribution in [0.25, 0.3) is 0 Å². The Morgan fingerprint density at radius 3 is 2.92 bits per heavy atom. The van der Waals surface area contributed by atoms with Gasteiger partial charge in [0.2, 0.25) is 0 Å². The van der Waals surface area contributed by atoms with Crippen molar-refractivity contribution in [3.63, 3.8) is 0 Å². The average Bonchev–Trinajstić information content (AvgIpc) is 2.85. The first-order valence-corrected chi connectivity index (χ1v) is 4.18. The number of nitrogens with zero attached hydrogens (tertiary/aromatic N) is 2. The van der Waals surface area contributed by atoms with Gasteiger partial charge in [-0.25, -0.2) is 4.98 Å². The highest BCUT2D eigenvalue weighted by molar-refractivity contribution is 6.26. The fraction of sp³-hybridized carbons (Fsp3) is 0.333. The van der Waals surface area contributed by atoms with Crippen molar-refractivity contribution in [3.8, 4) is 6.07 Å². The third-order valence-corrected chi connectivity index (χ3v) is 2.67. The Hall–Kier alpha value is -1.07. The lowest BCUT2D eigenvalue weighted by atomic mass is 10.1. The fourth-order valence-corrected chi connectivity index (χ4v) is 1.48. The fourth-order valence-electron chi connectivity index (χ4n) is 1.24. The normalized spacial score (nSPS) is 18.3. The molecule has 0 amide bonds. The summed E-state index contributed by atoms with van der Waals surface area (Å²) in [6, 6.07) is 5.75. The largest absolute Gasteiger partial charge is 0.245 e. The van der Waals surface area contributed by atoms with Gasteiger partial charge in [-0.05, 0) is 18.9 Å². The van der Waals surface area contributed by atoms with Gasteiger partial charge in [-0.15, -0.1) is 11.6 Å². The molecule has 60 valence electrons. The van der Waals surface area contributed by atoms with E-state index in [1.54, 1.807) is 6.20 Å². The molecule has 0 aliphatic heterocycles. The van der Waals surface area contributed by atoms with Gasteiger partial charge in [0.05, 0.1) is 4.87 Å². The summed E-state index contributed by atoms with van der Waals surface area (Å²) in [5, 5.41) is 8.74. The highest BCUT2D eigenvalue weighted by atomic mass is 35.5. The van der Waals surface area contributed by atoms with E-state index in [4.69, 9.17) is 16.9 Å². The summed E-state index contributed by atoms with van der Waals surface area (Å²) >= 11 is 6.16. The minimum atomic E-state index is -0.278. The summed E-state index contributed by atoms with van der Waals surface area (Å²) in [4.78, 5) is 3.68. The standard InChI is InChI=1S/C9H7ClN2/c10-9(3-4-9)7-2-1-5-12-8(7)6-11/h1-2,5H,3-4H2. The zero-order valence-corrected chi connectivity index (χ0v) is 7.17. The zero-order valence-electron chi connectivity index (χ0n) is 6.42.